The number of hydrogen-bond acceptors (Lipinski definition) is 8. The molecular weight excluding hydrogens is 709 g/mol. The van der Waals surface area contributed by atoms with Crippen molar-refractivity contribution in [2.75, 3.05) is 11.9 Å². The largest absolute Gasteiger partial charge is 0.444 e. The van der Waals surface area contributed by atoms with Gasteiger partial charge in [-0.1, -0.05) is 37.1 Å². The SMILES string of the molecule is C=CCCCCC[C@H](Nc1ccc(F)cc1)C(=O)N1C[C@H](OC(=O)N2Cc3cccc(F)c3C2)C[C@H]1C(=O)NC1(C(=O)NS(=O)(=O)C2CC2)CC1C=C. The first-order valence-corrected chi connectivity index (χ1v) is 19.6. The summed E-state index contributed by atoms with van der Waals surface area (Å²) in [6.07, 6.45) is 5.96. The minimum atomic E-state index is -3.92. The van der Waals surface area contributed by atoms with E-state index in [4.69, 9.17) is 4.74 Å². The molecule has 0 spiro atoms. The van der Waals surface area contributed by atoms with Crippen LogP contribution >= 0.6 is 0 Å². The molecule has 0 radical (unpaired) electrons. The second kappa shape index (κ2) is 15.7. The van der Waals surface area contributed by atoms with E-state index in [9.17, 15) is 36.4 Å². The summed E-state index contributed by atoms with van der Waals surface area (Å²) in [5.41, 5.74) is -0.0638. The molecule has 284 valence electrons. The van der Waals surface area contributed by atoms with Gasteiger partial charge >= 0.3 is 6.09 Å². The number of anilines is 1. The van der Waals surface area contributed by atoms with Crippen LogP contribution in [0.1, 0.15) is 68.9 Å². The molecule has 4 aliphatic rings. The van der Waals surface area contributed by atoms with Crippen LogP contribution in [0.2, 0.25) is 0 Å². The number of allylic oxidation sites excluding steroid dienone is 1. The van der Waals surface area contributed by atoms with E-state index in [1.165, 1.54) is 46.2 Å². The van der Waals surface area contributed by atoms with E-state index in [0.717, 1.165) is 19.3 Å². The second-order valence-corrected chi connectivity index (χ2v) is 16.3. The van der Waals surface area contributed by atoms with Crippen molar-refractivity contribution in [2.45, 2.75) is 99.9 Å². The summed E-state index contributed by atoms with van der Waals surface area (Å²) in [7, 11) is -3.92. The van der Waals surface area contributed by atoms with Crippen LogP contribution in [0.3, 0.4) is 0 Å². The maximum absolute atomic E-state index is 14.5. The lowest BCUT2D eigenvalue weighted by Crippen LogP contribution is -2.57. The second-order valence-electron chi connectivity index (χ2n) is 14.3. The fraction of sp³-hybridized carbons (Fsp3) is 0.474. The molecule has 0 bridgehead atoms. The van der Waals surface area contributed by atoms with Gasteiger partial charge in [-0.05, 0) is 74.4 Å². The van der Waals surface area contributed by atoms with Crippen LogP contribution in [-0.2, 0) is 42.2 Å². The number of fused-ring (bicyclic) bond motifs is 1. The van der Waals surface area contributed by atoms with Crippen LogP contribution in [0, 0.1) is 17.6 Å². The molecule has 12 nitrogen and oxygen atoms in total. The van der Waals surface area contributed by atoms with Crippen molar-refractivity contribution in [2.24, 2.45) is 5.92 Å². The van der Waals surface area contributed by atoms with E-state index in [-0.39, 0.29) is 32.5 Å². The predicted molar refractivity (Wildman–Crippen MR) is 192 cm³/mol. The number of nitrogens with one attached hydrogen (secondary N) is 3. The van der Waals surface area contributed by atoms with Gasteiger partial charge in [0.05, 0.1) is 18.3 Å². The van der Waals surface area contributed by atoms with Crippen molar-refractivity contribution in [3.63, 3.8) is 0 Å². The van der Waals surface area contributed by atoms with Gasteiger partial charge in [-0.3, -0.25) is 24.0 Å². The number of amides is 4. The summed E-state index contributed by atoms with van der Waals surface area (Å²) >= 11 is 0. The van der Waals surface area contributed by atoms with Crippen molar-refractivity contribution in [3.05, 3.63) is 90.5 Å². The highest BCUT2D eigenvalue weighted by molar-refractivity contribution is 7.91. The Morgan fingerprint density at radius 3 is 2.43 bits per heavy atom. The molecule has 2 unspecified atom stereocenters. The number of unbranched alkanes of at least 4 members (excludes halogenated alkanes) is 3. The number of likely N-dealkylation sites (tertiary alicyclic amines) is 1. The Hall–Kier alpha value is -4.79. The Labute approximate surface area is 308 Å². The number of benzene rings is 2. The summed E-state index contributed by atoms with van der Waals surface area (Å²) in [6.45, 7) is 7.47. The fourth-order valence-corrected chi connectivity index (χ4v) is 8.50. The maximum atomic E-state index is 14.5. The van der Waals surface area contributed by atoms with Gasteiger partial charge in [0.1, 0.15) is 35.4 Å². The molecule has 2 heterocycles. The maximum Gasteiger partial charge on any atom is 0.410 e. The molecule has 4 amide bonds. The molecule has 1 saturated heterocycles. The first-order chi connectivity index (χ1) is 25.3. The van der Waals surface area contributed by atoms with Crippen molar-refractivity contribution in [1.82, 2.24) is 19.8 Å². The Bertz CT molecular complexity index is 1870. The predicted octanol–water partition coefficient (Wildman–Crippen LogP) is 4.67. The smallest absolute Gasteiger partial charge is 0.410 e. The van der Waals surface area contributed by atoms with Crippen LogP contribution in [0.25, 0.3) is 0 Å². The highest BCUT2D eigenvalue weighted by Gasteiger charge is 2.62. The monoisotopic (exact) mass is 753 g/mol. The van der Waals surface area contributed by atoms with Crippen molar-refractivity contribution in [3.8, 4) is 0 Å². The highest BCUT2D eigenvalue weighted by Crippen LogP contribution is 2.45. The zero-order valence-corrected chi connectivity index (χ0v) is 30.2. The number of nitrogens with zero attached hydrogens (tertiary/aromatic N) is 2. The molecule has 5 atom stereocenters. The molecule has 0 aromatic heterocycles. The lowest BCUT2D eigenvalue weighted by atomic mass is 10.0. The number of sulfonamides is 1. The van der Waals surface area contributed by atoms with Gasteiger partial charge in [-0.15, -0.1) is 13.2 Å². The van der Waals surface area contributed by atoms with Gasteiger partial charge in [0.2, 0.25) is 21.8 Å². The normalized spacial score (nSPS) is 23.8. The molecular formula is C38H45F2N5O7S. The number of ether oxygens (including phenoxy) is 1. The number of hydrogen-bond donors (Lipinski definition) is 3. The molecule has 3 fully saturated rings. The van der Waals surface area contributed by atoms with Gasteiger partial charge in [-0.2, -0.15) is 0 Å². The van der Waals surface area contributed by atoms with E-state index in [2.05, 4.69) is 28.5 Å². The Kier molecular flexibility index (Phi) is 11.2. The lowest BCUT2D eigenvalue weighted by Gasteiger charge is -2.30. The third kappa shape index (κ3) is 8.55. The topological polar surface area (TPSA) is 154 Å². The summed E-state index contributed by atoms with van der Waals surface area (Å²) in [5, 5.41) is 5.26. The highest BCUT2D eigenvalue weighted by atomic mass is 32.2. The average Bonchev–Trinajstić information content (AvgIpc) is 4.02. The molecule has 15 heteroatoms. The van der Waals surface area contributed by atoms with Crippen molar-refractivity contribution < 1.29 is 41.1 Å². The van der Waals surface area contributed by atoms with E-state index in [1.807, 2.05) is 6.08 Å². The molecule has 6 rings (SSSR count). The summed E-state index contributed by atoms with van der Waals surface area (Å²) in [5.74, 6) is -3.51. The number of rotatable bonds is 16. The fourth-order valence-electron chi connectivity index (χ4n) is 7.14. The zero-order valence-electron chi connectivity index (χ0n) is 29.4. The number of carbonyl (C=O) groups excluding carboxylic acids is 4. The third-order valence-electron chi connectivity index (χ3n) is 10.4. The first-order valence-electron chi connectivity index (χ1n) is 18.0. The lowest BCUT2D eigenvalue weighted by molar-refractivity contribution is -0.140. The van der Waals surface area contributed by atoms with Gasteiger partial charge in [0.25, 0.3) is 5.91 Å². The Morgan fingerprint density at radius 1 is 1.02 bits per heavy atom. The van der Waals surface area contributed by atoms with Crippen LogP contribution in [0.5, 0.6) is 0 Å². The minimum absolute atomic E-state index is 0.0000243. The summed E-state index contributed by atoms with van der Waals surface area (Å²) < 4.78 is 61.5. The standard InChI is InChI=1S/C38H45F2N5O7S/c1-3-5-6-7-8-12-32(41-27-15-13-26(39)14-16-27)35(47)45-22-28(52-37(49)44-21-24-10-9-11-31(40)30(24)23-44)19-33(45)34(46)42-38(20-25(38)4-2)36(48)43-53(50,51)29-17-18-29/h3-4,9-11,13-16,25,28-29,32-33,41H,1-2,5-8,12,17-23H2,(H,42,46)(H,43,48)/t25?,28-,32+,33+,38?/m1/s1. The van der Waals surface area contributed by atoms with Crippen LogP contribution < -0.4 is 15.4 Å². The molecule has 3 N–H and O–H groups in total. The van der Waals surface area contributed by atoms with Gasteiger partial charge in [-0.25, -0.2) is 22.0 Å². The Balaban J connectivity index is 1.23. The Morgan fingerprint density at radius 2 is 1.77 bits per heavy atom. The first kappa shape index (κ1) is 38.0. The average molecular weight is 754 g/mol. The van der Waals surface area contributed by atoms with Crippen LogP contribution in [0.15, 0.2) is 67.8 Å². The zero-order chi connectivity index (χ0) is 37.9. The van der Waals surface area contributed by atoms with Crippen LogP contribution in [0.4, 0.5) is 19.3 Å². The molecule has 2 aromatic rings. The van der Waals surface area contributed by atoms with E-state index < -0.39 is 80.4 Å². The molecule has 2 aliphatic carbocycles. The van der Waals surface area contributed by atoms with Gasteiger partial charge in [0, 0.05) is 30.1 Å². The van der Waals surface area contributed by atoms with E-state index in [1.54, 1.807) is 12.1 Å². The summed E-state index contributed by atoms with van der Waals surface area (Å²) in [6, 6.07) is 8.08. The molecule has 53 heavy (non-hydrogen) atoms. The molecule has 2 aromatic carbocycles. The third-order valence-corrected chi connectivity index (χ3v) is 12.3. The number of halogens is 2. The van der Waals surface area contributed by atoms with Crippen molar-refractivity contribution in [1.29, 1.82) is 0 Å². The van der Waals surface area contributed by atoms with Crippen LogP contribution in [-0.4, -0.2) is 77.6 Å². The number of carbonyl (C=O) groups is 4. The van der Waals surface area contributed by atoms with E-state index >= 15 is 0 Å². The van der Waals surface area contributed by atoms with Gasteiger partial charge < -0.3 is 20.3 Å². The quantitative estimate of drug-likeness (QED) is 0.165. The van der Waals surface area contributed by atoms with E-state index in [0.29, 0.717) is 42.5 Å². The minimum Gasteiger partial charge on any atom is -0.444 e. The van der Waals surface area contributed by atoms with Crippen molar-refractivity contribution >= 4 is 39.5 Å². The molecule has 2 saturated carbocycles. The summed E-state index contributed by atoms with van der Waals surface area (Å²) in [4.78, 5) is 58.1. The van der Waals surface area contributed by atoms with Gasteiger partial charge in [0.15, 0.2) is 0 Å². The molecule has 2 aliphatic heterocycles.